The Morgan fingerprint density at radius 1 is 1.45 bits per heavy atom. The number of carbonyl (C=O) groups is 2. The van der Waals surface area contributed by atoms with Gasteiger partial charge in [0.1, 0.15) is 11.5 Å². The second-order valence-corrected chi connectivity index (χ2v) is 5.67. The molecule has 0 unspecified atom stereocenters. The molecule has 0 radical (unpaired) electrons. The van der Waals surface area contributed by atoms with Crippen LogP contribution in [0.2, 0.25) is 0 Å². The van der Waals surface area contributed by atoms with Crippen LogP contribution < -0.4 is 0 Å². The van der Waals surface area contributed by atoms with Crippen LogP contribution in [0.25, 0.3) is 0 Å². The van der Waals surface area contributed by atoms with Crippen molar-refractivity contribution in [2.24, 2.45) is 0 Å². The Bertz CT molecular complexity index is 499. The number of hydrogen-bond donors (Lipinski definition) is 1. The van der Waals surface area contributed by atoms with Crippen LogP contribution in [0.5, 0.6) is 0 Å². The third-order valence-electron chi connectivity index (χ3n) is 3.06. The SMILES string of the molecule is COCCOC(=O)CN1CCc2sc(C(=O)O)cc2C1. The van der Waals surface area contributed by atoms with Crippen molar-refractivity contribution < 1.29 is 24.2 Å². The average Bonchev–Trinajstić information content (AvgIpc) is 2.82. The molecule has 1 N–H and O–H groups in total. The Morgan fingerprint density at radius 3 is 2.95 bits per heavy atom. The molecule has 0 fully saturated rings. The summed E-state index contributed by atoms with van der Waals surface area (Å²) < 4.78 is 9.83. The first-order chi connectivity index (χ1) is 9.60. The van der Waals surface area contributed by atoms with Gasteiger partial charge >= 0.3 is 11.9 Å². The van der Waals surface area contributed by atoms with Gasteiger partial charge in [-0.2, -0.15) is 0 Å². The summed E-state index contributed by atoms with van der Waals surface area (Å²) in [4.78, 5) is 26.0. The smallest absolute Gasteiger partial charge is 0.345 e. The summed E-state index contributed by atoms with van der Waals surface area (Å²) in [7, 11) is 1.55. The van der Waals surface area contributed by atoms with Gasteiger partial charge in [0.25, 0.3) is 0 Å². The molecule has 0 amide bonds. The molecule has 0 bridgehead atoms. The van der Waals surface area contributed by atoms with E-state index in [0.29, 0.717) is 18.0 Å². The highest BCUT2D eigenvalue weighted by atomic mass is 32.1. The van der Waals surface area contributed by atoms with Gasteiger partial charge < -0.3 is 14.6 Å². The molecular weight excluding hydrogens is 282 g/mol. The highest BCUT2D eigenvalue weighted by molar-refractivity contribution is 7.14. The number of methoxy groups -OCH3 is 1. The molecule has 110 valence electrons. The predicted molar refractivity (Wildman–Crippen MR) is 73.1 cm³/mol. The molecule has 0 saturated heterocycles. The molecule has 2 heterocycles. The molecule has 0 saturated carbocycles. The normalized spacial score (nSPS) is 14.8. The van der Waals surface area contributed by atoms with Crippen LogP contribution in [0, 0.1) is 0 Å². The first-order valence-electron chi connectivity index (χ1n) is 6.32. The van der Waals surface area contributed by atoms with Crippen molar-refractivity contribution in [1.82, 2.24) is 4.90 Å². The zero-order valence-electron chi connectivity index (χ0n) is 11.3. The molecule has 1 aliphatic rings. The van der Waals surface area contributed by atoms with E-state index in [1.165, 1.54) is 11.3 Å². The maximum atomic E-state index is 11.6. The molecule has 6 nitrogen and oxygen atoms in total. The number of esters is 1. The lowest BCUT2D eigenvalue weighted by Crippen LogP contribution is -2.35. The van der Waals surface area contributed by atoms with Gasteiger partial charge in [-0.05, 0) is 18.1 Å². The van der Waals surface area contributed by atoms with Crippen LogP contribution >= 0.6 is 11.3 Å². The Labute approximate surface area is 120 Å². The van der Waals surface area contributed by atoms with Crippen molar-refractivity contribution in [3.8, 4) is 0 Å². The third-order valence-corrected chi connectivity index (χ3v) is 4.28. The van der Waals surface area contributed by atoms with Gasteiger partial charge in [-0.3, -0.25) is 9.69 Å². The molecule has 0 aliphatic carbocycles. The molecule has 0 spiro atoms. The zero-order valence-corrected chi connectivity index (χ0v) is 12.1. The second kappa shape index (κ2) is 6.83. The number of hydrogen-bond acceptors (Lipinski definition) is 6. The van der Waals surface area contributed by atoms with Gasteiger partial charge in [0.2, 0.25) is 0 Å². The van der Waals surface area contributed by atoms with E-state index in [4.69, 9.17) is 14.6 Å². The molecule has 1 aromatic rings. The maximum Gasteiger partial charge on any atom is 0.345 e. The van der Waals surface area contributed by atoms with Crippen molar-refractivity contribution >= 4 is 23.3 Å². The molecule has 0 aromatic carbocycles. The van der Waals surface area contributed by atoms with E-state index >= 15 is 0 Å². The van der Waals surface area contributed by atoms with E-state index in [-0.39, 0.29) is 19.1 Å². The summed E-state index contributed by atoms with van der Waals surface area (Å²) in [6.07, 6.45) is 0.776. The van der Waals surface area contributed by atoms with Gasteiger partial charge in [-0.1, -0.05) is 0 Å². The van der Waals surface area contributed by atoms with Crippen molar-refractivity contribution in [2.75, 3.05) is 33.4 Å². The minimum Gasteiger partial charge on any atom is -0.477 e. The fraction of sp³-hybridized carbons (Fsp3) is 0.538. The number of nitrogens with zero attached hydrogens (tertiary/aromatic N) is 1. The number of carbonyl (C=O) groups excluding carboxylic acids is 1. The minimum atomic E-state index is -0.894. The third kappa shape index (κ3) is 3.78. The summed E-state index contributed by atoms with van der Waals surface area (Å²) in [5, 5.41) is 8.98. The summed E-state index contributed by atoms with van der Waals surface area (Å²) in [6, 6.07) is 1.70. The van der Waals surface area contributed by atoms with Crippen LogP contribution in [-0.2, 0) is 27.2 Å². The van der Waals surface area contributed by atoms with Gasteiger partial charge in [0.15, 0.2) is 0 Å². The van der Waals surface area contributed by atoms with Gasteiger partial charge in [0.05, 0.1) is 13.2 Å². The van der Waals surface area contributed by atoms with Gasteiger partial charge in [-0.15, -0.1) is 11.3 Å². The Kier molecular flexibility index (Phi) is 5.11. The van der Waals surface area contributed by atoms with Crippen molar-refractivity contribution in [2.45, 2.75) is 13.0 Å². The largest absolute Gasteiger partial charge is 0.477 e. The van der Waals surface area contributed by atoms with Crippen molar-refractivity contribution in [3.63, 3.8) is 0 Å². The molecule has 0 atom stereocenters. The summed E-state index contributed by atoms with van der Waals surface area (Å²) in [5.74, 6) is -1.17. The van der Waals surface area contributed by atoms with Crippen LogP contribution in [0.3, 0.4) is 0 Å². The maximum absolute atomic E-state index is 11.6. The Hall–Kier alpha value is -1.44. The topological polar surface area (TPSA) is 76.1 Å². The second-order valence-electron chi connectivity index (χ2n) is 4.54. The lowest BCUT2D eigenvalue weighted by molar-refractivity contribution is -0.146. The first-order valence-corrected chi connectivity index (χ1v) is 7.13. The first kappa shape index (κ1) is 15.0. The van der Waals surface area contributed by atoms with Crippen LogP contribution in [0.4, 0.5) is 0 Å². The molecular formula is C13H17NO5S. The highest BCUT2D eigenvalue weighted by Gasteiger charge is 2.22. The van der Waals surface area contributed by atoms with E-state index in [9.17, 15) is 9.59 Å². The number of carboxylic acids is 1. The van der Waals surface area contributed by atoms with Gasteiger partial charge in [0, 0.05) is 25.1 Å². The predicted octanol–water partition coefficient (Wildman–Crippen LogP) is 0.994. The number of ether oxygens (including phenoxy) is 2. The van der Waals surface area contributed by atoms with Crippen molar-refractivity contribution in [3.05, 3.63) is 21.4 Å². The molecule has 7 heteroatoms. The lowest BCUT2D eigenvalue weighted by atomic mass is 10.1. The average molecular weight is 299 g/mol. The molecule has 2 rings (SSSR count). The standard InChI is InChI=1S/C13H17NO5S/c1-18-4-5-19-12(15)8-14-3-2-10-9(7-14)6-11(20-10)13(16)17/h6H,2-5,7-8H2,1H3,(H,16,17). The van der Waals surface area contributed by atoms with Crippen LogP contribution in [-0.4, -0.2) is 55.4 Å². The van der Waals surface area contributed by atoms with E-state index in [1.807, 2.05) is 4.90 Å². The Balaban J connectivity index is 1.87. The monoisotopic (exact) mass is 299 g/mol. The summed E-state index contributed by atoms with van der Waals surface area (Å²) in [5.41, 5.74) is 1.00. The molecule has 20 heavy (non-hydrogen) atoms. The lowest BCUT2D eigenvalue weighted by Gasteiger charge is -2.25. The number of thiophene rings is 1. The summed E-state index contributed by atoms with van der Waals surface area (Å²) in [6.45, 7) is 2.21. The van der Waals surface area contributed by atoms with Gasteiger partial charge in [-0.25, -0.2) is 4.79 Å². The molecule has 1 aromatic heterocycles. The minimum absolute atomic E-state index is 0.224. The number of fused-ring (bicyclic) bond motifs is 1. The van der Waals surface area contributed by atoms with E-state index in [0.717, 1.165) is 23.4 Å². The van der Waals surface area contributed by atoms with Crippen molar-refractivity contribution in [1.29, 1.82) is 0 Å². The molecule has 1 aliphatic heterocycles. The highest BCUT2D eigenvalue weighted by Crippen LogP contribution is 2.28. The number of aromatic carboxylic acids is 1. The zero-order chi connectivity index (χ0) is 14.5. The quantitative estimate of drug-likeness (QED) is 0.624. The fourth-order valence-corrected chi connectivity index (χ4v) is 3.10. The summed E-state index contributed by atoms with van der Waals surface area (Å²) >= 11 is 1.32. The van der Waals surface area contributed by atoms with E-state index < -0.39 is 5.97 Å². The van der Waals surface area contributed by atoms with Crippen LogP contribution in [0.15, 0.2) is 6.07 Å². The van der Waals surface area contributed by atoms with E-state index in [2.05, 4.69) is 0 Å². The number of carboxylic acid groups (broad SMARTS) is 1. The number of rotatable bonds is 6. The Morgan fingerprint density at radius 2 is 2.25 bits per heavy atom. The fourth-order valence-electron chi connectivity index (χ4n) is 2.10. The van der Waals surface area contributed by atoms with E-state index in [1.54, 1.807) is 13.2 Å². The van der Waals surface area contributed by atoms with Crippen LogP contribution in [0.1, 0.15) is 20.1 Å².